The van der Waals surface area contributed by atoms with Gasteiger partial charge in [-0.1, -0.05) is 74.0 Å². The Kier molecular flexibility index (Phi) is 9.06. The number of aromatic carboxylic acids is 1. The molecule has 3 aromatic carbocycles. The molecule has 1 heterocycles. The van der Waals surface area contributed by atoms with Crippen LogP contribution in [0.4, 0.5) is 0 Å². The first-order valence-electron chi connectivity index (χ1n) is 13.0. The molecule has 0 spiro atoms. The average molecular weight is 529 g/mol. The number of fused-ring (bicyclic) bond motifs is 1. The zero-order valence-corrected chi connectivity index (χ0v) is 21.8. The highest BCUT2D eigenvalue weighted by molar-refractivity contribution is 6.04. The van der Waals surface area contributed by atoms with Crippen molar-refractivity contribution in [1.29, 1.82) is 0 Å². The van der Waals surface area contributed by atoms with E-state index < -0.39 is 11.9 Å². The summed E-state index contributed by atoms with van der Waals surface area (Å²) >= 11 is 0. The van der Waals surface area contributed by atoms with E-state index in [1.807, 2.05) is 47.0 Å². The highest BCUT2D eigenvalue weighted by Crippen LogP contribution is 2.25. The fraction of sp³-hybridized carbons (Fsp3) is 0.267. The third-order valence-electron chi connectivity index (χ3n) is 6.74. The van der Waals surface area contributed by atoms with Gasteiger partial charge in [0.05, 0.1) is 18.3 Å². The molecule has 0 radical (unpaired) electrons. The lowest BCUT2D eigenvalue weighted by atomic mass is 9.99. The van der Waals surface area contributed by atoms with Crippen LogP contribution in [0.25, 0.3) is 10.8 Å². The van der Waals surface area contributed by atoms with Gasteiger partial charge in [0.1, 0.15) is 18.1 Å². The van der Waals surface area contributed by atoms with Gasteiger partial charge in [0, 0.05) is 13.0 Å². The van der Waals surface area contributed by atoms with Crippen molar-refractivity contribution in [2.45, 2.75) is 39.2 Å². The van der Waals surface area contributed by atoms with Gasteiger partial charge in [-0.2, -0.15) is 0 Å². The van der Waals surface area contributed by atoms with Crippen LogP contribution in [0.5, 0.6) is 0 Å². The second kappa shape index (κ2) is 12.8. The minimum atomic E-state index is -1.00. The van der Waals surface area contributed by atoms with Gasteiger partial charge < -0.3 is 14.6 Å². The van der Waals surface area contributed by atoms with Gasteiger partial charge in [0.25, 0.3) is 11.8 Å². The van der Waals surface area contributed by atoms with Crippen molar-refractivity contribution < 1.29 is 24.7 Å². The summed E-state index contributed by atoms with van der Waals surface area (Å²) in [6.07, 6.45) is 4.56. The van der Waals surface area contributed by atoms with Crippen LogP contribution in [0.1, 0.15) is 57.6 Å². The lowest BCUT2D eigenvalue weighted by Crippen LogP contribution is -2.41. The van der Waals surface area contributed by atoms with Crippen LogP contribution >= 0.6 is 0 Å². The zero-order valence-electron chi connectivity index (χ0n) is 21.8. The normalized spacial score (nSPS) is 10.9. The van der Waals surface area contributed by atoms with Crippen LogP contribution in [0, 0.1) is 0 Å². The first kappa shape index (κ1) is 27.5. The van der Waals surface area contributed by atoms with Gasteiger partial charge in [-0.15, -0.1) is 0 Å². The standard InChI is InChI=1S/C30H32N4O5/c1-2-3-13-27-31-18-26(29(36)33(20-28(35)32-39)17-16-21-9-5-4-6-10-21)34(27)19-22-14-15-25(30(37)38)24-12-8-7-11-23(22)24/h4-12,14-15,18,39H,2-3,13,16-17,19-20H2,1H3,(H,32,35)(H,37,38). The number of imidazole rings is 1. The Labute approximate surface area is 226 Å². The first-order chi connectivity index (χ1) is 18.9. The summed E-state index contributed by atoms with van der Waals surface area (Å²) in [5.41, 5.74) is 4.02. The van der Waals surface area contributed by atoms with E-state index in [0.717, 1.165) is 35.2 Å². The minimum Gasteiger partial charge on any atom is -0.478 e. The molecule has 9 heteroatoms. The maximum Gasteiger partial charge on any atom is 0.336 e. The topological polar surface area (TPSA) is 125 Å². The molecule has 9 nitrogen and oxygen atoms in total. The van der Waals surface area contributed by atoms with Gasteiger partial charge >= 0.3 is 5.97 Å². The molecule has 0 aliphatic heterocycles. The molecule has 0 atom stereocenters. The SMILES string of the molecule is CCCCc1ncc(C(=O)N(CCc2ccccc2)CC(=O)NO)n1Cc1ccc(C(=O)O)c2ccccc12. The van der Waals surface area contributed by atoms with Gasteiger partial charge in [0.15, 0.2) is 0 Å². The number of rotatable bonds is 12. The number of carbonyl (C=O) groups is 3. The molecular weight excluding hydrogens is 496 g/mol. The number of nitrogens with zero attached hydrogens (tertiary/aromatic N) is 3. The number of carbonyl (C=O) groups excluding carboxylic acids is 2. The second-order valence-electron chi connectivity index (χ2n) is 9.37. The Morgan fingerprint density at radius 1 is 0.949 bits per heavy atom. The number of hydrogen-bond acceptors (Lipinski definition) is 5. The van der Waals surface area contributed by atoms with Crippen LogP contribution in [-0.2, 0) is 24.2 Å². The summed E-state index contributed by atoms with van der Waals surface area (Å²) in [5.74, 6) is -1.34. The molecule has 3 N–H and O–H groups in total. The van der Waals surface area contributed by atoms with E-state index in [-0.39, 0.29) is 24.6 Å². The van der Waals surface area contributed by atoms with Crippen molar-refractivity contribution >= 4 is 28.6 Å². The minimum absolute atomic E-state index is 0.213. The van der Waals surface area contributed by atoms with Crippen molar-refractivity contribution in [3.05, 3.63) is 101 Å². The Hall–Kier alpha value is -4.50. The summed E-state index contributed by atoms with van der Waals surface area (Å²) in [5, 5.41) is 20.2. The summed E-state index contributed by atoms with van der Waals surface area (Å²) < 4.78 is 1.85. The molecule has 0 bridgehead atoms. The molecule has 0 saturated heterocycles. The molecule has 202 valence electrons. The van der Waals surface area contributed by atoms with Gasteiger partial charge in [-0.3, -0.25) is 14.8 Å². The molecule has 0 aliphatic carbocycles. The smallest absolute Gasteiger partial charge is 0.336 e. The largest absolute Gasteiger partial charge is 0.478 e. The summed E-state index contributed by atoms with van der Waals surface area (Å²) in [6.45, 7) is 2.34. The lowest BCUT2D eigenvalue weighted by molar-refractivity contribution is -0.129. The van der Waals surface area contributed by atoms with Crippen LogP contribution < -0.4 is 5.48 Å². The number of unbranched alkanes of at least 4 members (excludes halogenated alkanes) is 1. The highest BCUT2D eigenvalue weighted by Gasteiger charge is 2.24. The van der Waals surface area contributed by atoms with Crippen LogP contribution in [0.15, 0.2) is 72.9 Å². The van der Waals surface area contributed by atoms with Crippen molar-refractivity contribution in [3.63, 3.8) is 0 Å². The van der Waals surface area contributed by atoms with Crippen molar-refractivity contribution in [3.8, 4) is 0 Å². The molecule has 2 amide bonds. The highest BCUT2D eigenvalue weighted by atomic mass is 16.5. The molecule has 4 rings (SSSR count). The van der Waals surface area contributed by atoms with E-state index in [1.54, 1.807) is 29.7 Å². The van der Waals surface area contributed by atoms with Gasteiger partial charge in [0.2, 0.25) is 0 Å². The van der Waals surface area contributed by atoms with E-state index in [1.165, 1.54) is 11.1 Å². The molecule has 0 fully saturated rings. The molecule has 1 aromatic heterocycles. The number of amides is 2. The number of hydroxylamine groups is 1. The average Bonchev–Trinajstić information content (AvgIpc) is 3.36. The first-order valence-corrected chi connectivity index (χ1v) is 13.0. The number of nitrogens with one attached hydrogen (secondary N) is 1. The summed E-state index contributed by atoms with van der Waals surface area (Å²) in [6, 6.07) is 20.3. The number of aromatic nitrogens is 2. The monoisotopic (exact) mass is 528 g/mol. The second-order valence-corrected chi connectivity index (χ2v) is 9.37. The maximum atomic E-state index is 13.8. The Bertz CT molecular complexity index is 1470. The molecule has 0 aliphatic rings. The predicted octanol–water partition coefficient (Wildman–Crippen LogP) is 4.32. The molecule has 0 saturated carbocycles. The van der Waals surface area contributed by atoms with Crippen LogP contribution in [0.3, 0.4) is 0 Å². The molecule has 0 unspecified atom stereocenters. The third kappa shape index (κ3) is 6.50. The zero-order chi connectivity index (χ0) is 27.8. The molecule has 39 heavy (non-hydrogen) atoms. The van der Waals surface area contributed by atoms with E-state index >= 15 is 0 Å². The lowest BCUT2D eigenvalue weighted by Gasteiger charge is -2.23. The maximum absolute atomic E-state index is 13.8. The Morgan fingerprint density at radius 2 is 1.67 bits per heavy atom. The van der Waals surface area contributed by atoms with Crippen LogP contribution in [-0.4, -0.2) is 55.6 Å². The fourth-order valence-corrected chi connectivity index (χ4v) is 4.68. The number of carboxylic acids is 1. The Morgan fingerprint density at radius 3 is 2.36 bits per heavy atom. The fourth-order valence-electron chi connectivity index (χ4n) is 4.68. The number of carboxylic acid groups (broad SMARTS) is 1. The van der Waals surface area contributed by atoms with E-state index in [0.29, 0.717) is 30.5 Å². The third-order valence-corrected chi connectivity index (χ3v) is 6.74. The van der Waals surface area contributed by atoms with Crippen molar-refractivity contribution in [2.75, 3.05) is 13.1 Å². The quantitative estimate of drug-likeness (QED) is 0.186. The number of benzene rings is 3. The van der Waals surface area contributed by atoms with E-state index in [9.17, 15) is 19.5 Å². The van der Waals surface area contributed by atoms with Gasteiger partial charge in [-0.05, 0) is 40.8 Å². The molecular formula is C30H32N4O5. The predicted molar refractivity (Wildman–Crippen MR) is 147 cm³/mol. The number of hydrogen-bond donors (Lipinski definition) is 3. The van der Waals surface area contributed by atoms with Crippen molar-refractivity contribution in [1.82, 2.24) is 19.9 Å². The summed E-state index contributed by atoms with van der Waals surface area (Å²) in [7, 11) is 0. The van der Waals surface area contributed by atoms with E-state index in [4.69, 9.17) is 5.21 Å². The van der Waals surface area contributed by atoms with Crippen molar-refractivity contribution in [2.24, 2.45) is 0 Å². The number of aryl methyl sites for hydroxylation is 1. The van der Waals surface area contributed by atoms with Gasteiger partial charge in [-0.25, -0.2) is 15.3 Å². The molecule has 4 aromatic rings. The summed E-state index contributed by atoms with van der Waals surface area (Å²) in [4.78, 5) is 43.7. The Balaban J connectivity index is 1.71. The van der Waals surface area contributed by atoms with E-state index in [2.05, 4.69) is 11.9 Å². The van der Waals surface area contributed by atoms with Crippen LogP contribution in [0.2, 0.25) is 0 Å².